The molecule has 0 spiro atoms. The topological polar surface area (TPSA) is 52.1 Å². The van der Waals surface area contributed by atoms with Gasteiger partial charge in [0.15, 0.2) is 0 Å². The van der Waals surface area contributed by atoms with Gasteiger partial charge in [-0.05, 0) is 115 Å². The number of rotatable bonds is 3. The summed E-state index contributed by atoms with van der Waals surface area (Å²) in [6.07, 6.45) is 13.6. The number of allylic oxidation sites excluding steroid dienone is 2. The van der Waals surface area contributed by atoms with Crippen molar-refractivity contribution in [2.45, 2.75) is 119 Å². The first-order valence-corrected chi connectivity index (χ1v) is 17.5. The first-order chi connectivity index (χ1) is 20.8. The second-order valence-corrected chi connectivity index (χ2v) is 17.1. The lowest BCUT2D eigenvalue weighted by Crippen LogP contribution is -2.65. The van der Waals surface area contributed by atoms with Crippen LogP contribution in [-0.2, 0) is 28.0 Å². The van der Waals surface area contributed by atoms with E-state index in [9.17, 15) is 4.79 Å². The molecule has 9 atom stereocenters. The van der Waals surface area contributed by atoms with Gasteiger partial charge in [-0.1, -0.05) is 90.4 Å². The highest BCUT2D eigenvalue weighted by Crippen LogP contribution is 2.75. The van der Waals surface area contributed by atoms with Crippen molar-refractivity contribution in [2.24, 2.45) is 51.2 Å². The average Bonchev–Trinajstić information content (AvgIpc) is 2.99. The maximum atomic E-state index is 14.3. The molecule has 1 heterocycles. The largest absolute Gasteiger partial charge is 0.460 e. The molecule has 0 saturated heterocycles. The number of ether oxygens (including phenoxy) is 1. The summed E-state index contributed by atoms with van der Waals surface area (Å²) in [4.78, 5) is 24.0. The molecule has 0 amide bonds. The van der Waals surface area contributed by atoms with E-state index >= 15 is 0 Å². The van der Waals surface area contributed by atoms with Crippen molar-refractivity contribution >= 4 is 5.97 Å². The first-order valence-electron chi connectivity index (χ1n) is 17.5. The van der Waals surface area contributed by atoms with E-state index in [0.29, 0.717) is 30.3 Å². The van der Waals surface area contributed by atoms with Crippen LogP contribution in [0.25, 0.3) is 0 Å². The molecule has 3 fully saturated rings. The molecule has 0 N–H and O–H groups in total. The van der Waals surface area contributed by atoms with Crippen molar-refractivity contribution in [3.63, 3.8) is 0 Å². The fourth-order valence-corrected chi connectivity index (χ4v) is 12.3. The number of aromatic nitrogens is 2. The Morgan fingerprint density at radius 1 is 0.955 bits per heavy atom. The van der Waals surface area contributed by atoms with Gasteiger partial charge in [0.25, 0.3) is 0 Å². The second-order valence-electron chi connectivity index (χ2n) is 17.1. The van der Waals surface area contributed by atoms with E-state index < -0.39 is 5.41 Å². The lowest BCUT2D eigenvalue weighted by molar-refractivity contribution is -0.184. The van der Waals surface area contributed by atoms with Crippen LogP contribution in [-0.4, -0.2) is 15.9 Å². The number of fused-ring (bicyclic) bond motifs is 8. The third kappa shape index (κ3) is 3.97. The Morgan fingerprint density at radius 2 is 1.70 bits per heavy atom. The molecular weight excluding hydrogens is 540 g/mol. The molecule has 44 heavy (non-hydrogen) atoms. The predicted molar refractivity (Wildman–Crippen MR) is 176 cm³/mol. The number of benzene rings is 1. The minimum Gasteiger partial charge on any atom is -0.460 e. The van der Waals surface area contributed by atoms with Crippen LogP contribution in [0.3, 0.4) is 0 Å². The van der Waals surface area contributed by atoms with Gasteiger partial charge in [-0.3, -0.25) is 4.79 Å². The van der Waals surface area contributed by atoms with Crippen molar-refractivity contribution in [2.75, 3.05) is 0 Å². The third-order valence-electron chi connectivity index (χ3n) is 14.9. The minimum atomic E-state index is -0.405. The van der Waals surface area contributed by atoms with Crippen molar-refractivity contribution in [1.82, 2.24) is 9.97 Å². The number of carbonyl (C=O) groups is 1. The lowest BCUT2D eigenvalue weighted by atomic mass is 9.33. The smallest absolute Gasteiger partial charge is 0.313 e. The molecular formula is C40H54N2O2. The molecule has 1 aromatic carbocycles. The highest BCUT2D eigenvalue weighted by Gasteiger charge is 2.69. The van der Waals surface area contributed by atoms with Crippen LogP contribution in [0, 0.1) is 58.2 Å². The SMILES string of the molecule is Cc1ncc2c(n1)C(C)(C)[C@@H]1CC[C@]3(C)[C@H](CC=C4[C@@H]5[C@@H](C)[C@H](C)CC[C@]5(C(=O)OCc5ccccc5)CC[C@]43C)[C@@]1(C)C2. The van der Waals surface area contributed by atoms with Crippen molar-refractivity contribution in [1.29, 1.82) is 0 Å². The highest BCUT2D eigenvalue weighted by molar-refractivity contribution is 5.79. The first kappa shape index (κ1) is 30.2. The van der Waals surface area contributed by atoms with Gasteiger partial charge in [-0.15, -0.1) is 0 Å². The Morgan fingerprint density at radius 3 is 2.45 bits per heavy atom. The molecule has 236 valence electrons. The van der Waals surface area contributed by atoms with E-state index in [0.717, 1.165) is 49.9 Å². The molecule has 5 aliphatic rings. The summed E-state index contributed by atoms with van der Waals surface area (Å²) in [6.45, 7) is 20.0. The van der Waals surface area contributed by atoms with Crippen LogP contribution < -0.4 is 0 Å². The Balaban J connectivity index is 1.27. The maximum absolute atomic E-state index is 14.3. The van der Waals surface area contributed by atoms with E-state index in [2.05, 4.69) is 77.9 Å². The number of carbonyl (C=O) groups excluding carboxylic acids is 1. The zero-order chi connectivity index (χ0) is 31.3. The zero-order valence-electron chi connectivity index (χ0n) is 28.5. The Hall–Kier alpha value is -2.49. The van der Waals surface area contributed by atoms with Gasteiger partial charge >= 0.3 is 5.97 Å². The molecule has 0 unspecified atom stereocenters. The van der Waals surface area contributed by atoms with E-state index in [1.165, 1.54) is 24.1 Å². The summed E-state index contributed by atoms with van der Waals surface area (Å²) in [5.41, 5.74) is 5.40. The Labute approximate surface area is 265 Å². The van der Waals surface area contributed by atoms with Gasteiger partial charge < -0.3 is 4.74 Å². The number of esters is 1. The molecule has 3 saturated carbocycles. The zero-order valence-corrected chi connectivity index (χ0v) is 28.5. The summed E-state index contributed by atoms with van der Waals surface area (Å²) >= 11 is 0. The number of aryl methyl sites for hydroxylation is 1. The van der Waals surface area contributed by atoms with E-state index in [1.807, 2.05) is 25.1 Å². The van der Waals surface area contributed by atoms with Crippen molar-refractivity contribution in [3.05, 3.63) is 70.8 Å². The third-order valence-corrected chi connectivity index (χ3v) is 14.9. The fraction of sp³-hybridized carbons (Fsp3) is 0.675. The monoisotopic (exact) mass is 594 g/mol. The van der Waals surface area contributed by atoms with Crippen LogP contribution in [0.15, 0.2) is 48.2 Å². The number of hydrogen-bond donors (Lipinski definition) is 0. The number of hydrogen-bond acceptors (Lipinski definition) is 4. The van der Waals surface area contributed by atoms with Crippen LogP contribution in [0.4, 0.5) is 0 Å². The maximum Gasteiger partial charge on any atom is 0.313 e. The average molecular weight is 595 g/mol. The quantitative estimate of drug-likeness (QED) is 0.263. The highest BCUT2D eigenvalue weighted by atomic mass is 16.5. The van der Waals surface area contributed by atoms with Crippen molar-refractivity contribution < 1.29 is 9.53 Å². The van der Waals surface area contributed by atoms with Gasteiger partial charge in [0.2, 0.25) is 0 Å². The standard InChI is InChI=1S/C40H54N2O2/c1-25-16-19-40(35(43)44-24-28-12-10-9-11-13-28)21-20-38(7)30(33(40)26(25)2)14-15-32-37(6)22-29-23-41-27(3)42-34(29)36(4,5)31(37)17-18-39(32,38)8/h9-14,23,25-26,31-33H,15-22,24H2,1-8H3/t25-,26+,31+,32-,33+,37+,38-,39-,40+/m1/s1. The normalized spacial score (nSPS) is 42.0. The molecule has 1 aromatic heterocycles. The van der Waals surface area contributed by atoms with Gasteiger partial charge in [0.05, 0.1) is 11.1 Å². The van der Waals surface area contributed by atoms with Gasteiger partial charge in [-0.2, -0.15) is 0 Å². The molecule has 5 aliphatic carbocycles. The van der Waals surface area contributed by atoms with Crippen LogP contribution >= 0.6 is 0 Å². The van der Waals surface area contributed by atoms with Crippen molar-refractivity contribution in [3.8, 4) is 0 Å². The summed E-state index contributed by atoms with van der Waals surface area (Å²) in [5, 5.41) is 0. The van der Waals surface area contributed by atoms with Crippen LogP contribution in [0.1, 0.15) is 116 Å². The molecule has 0 bridgehead atoms. The summed E-state index contributed by atoms with van der Waals surface area (Å²) in [7, 11) is 0. The fourth-order valence-electron chi connectivity index (χ4n) is 12.3. The van der Waals surface area contributed by atoms with E-state index in [4.69, 9.17) is 9.72 Å². The summed E-state index contributed by atoms with van der Waals surface area (Å²) in [6, 6.07) is 10.2. The Kier molecular flexibility index (Phi) is 6.86. The van der Waals surface area contributed by atoms with Gasteiger partial charge in [0, 0.05) is 11.6 Å². The lowest BCUT2D eigenvalue weighted by Gasteiger charge is -2.70. The summed E-state index contributed by atoms with van der Waals surface area (Å²) in [5.74, 6) is 3.46. The van der Waals surface area contributed by atoms with Crippen LogP contribution in [0.5, 0.6) is 0 Å². The second kappa shape index (κ2) is 10.0. The van der Waals surface area contributed by atoms with E-state index in [1.54, 1.807) is 5.57 Å². The molecule has 7 rings (SSSR count). The van der Waals surface area contributed by atoms with Gasteiger partial charge in [0.1, 0.15) is 12.4 Å². The van der Waals surface area contributed by atoms with Crippen LogP contribution in [0.2, 0.25) is 0 Å². The molecule has 0 radical (unpaired) electrons. The number of nitrogens with zero attached hydrogens (tertiary/aromatic N) is 2. The molecule has 2 aromatic rings. The molecule has 0 aliphatic heterocycles. The molecule has 4 heteroatoms. The van der Waals surface area contributed by atoms with E-state index in [-0.39, 0.29) is 33.5 Å². The predicted octanol–water partition coefficient (Wildman–Crippen LogP) is 9.20. The Bertz CT molecular complexity index is 1500. The molecule has 4 nitrogen and oxygen atoms in total. The summed E-state index contributed by atoms with van der Waals surface area (Å²) < 4.78 is 6.23. The minimum absolute atomic E-state index is 0.0276. The van der Waals surface area contributed by atoms with Gasteiger partial charge in [-0.25, -0.2) is 9.97 Å².